The average Bonchev–Trinajstić information content (AvgIpc) is 3.14. The molecule has 7 nitrogen and oxygen atoms in total. The van der Waals surface area contributed by atoms with Crippen molar-refractivity contribution >= 4 is 17.9 Å². The molecule has 35 heavy (non-hydrogen) atoms. The lowest BCUT2D eigenvalue weighted by atomic mass is 9.98. The minimum Gasteiger partial charge on any atom is -0.492 e. The number of anilines is 1. The highest BCUT2D eigenvalue weighted by atomic mass is 16.6. The van der Waals surface area contributed by atoms with Gasteiger partial charge in [0.25, 0.3) is 0 Å². The SMILES string of the molecule is CC(C)(C)OC(=O)NCCOc1ccc(NC(=O)OCC2c3ccccc3-c3ccccc32)cc1. The van der Waals surface area contributed by atoms with E-state index >= 15 is 0 Å². The summed E-state index contributed by atoms with van der Waals surface area (Å²) in [4.78, 5) is 24.1. The number of fused-ring (bicyclic) bond motifs is 3. The van der Waals surface area contributed by atoms with Crippen LogP contribution in [-0.2, 0) is 9.47 Å². The molecular weight excluding hydrogens is 444 g/mol. The highest BCUT2D eigenvalue weighted by molar-refractivity contribution is 5.85. The van der Waals surface area contributed by atoms with Crippen LogP contribution in [0.3, 0.4) is 0 Å². The van der Waals surface area contributed by atoms with Gasteiger partial charge in [0.15, 0.2) is 0 Å². The Kier molecular flexibility index (Phi) is 7.25. The topological polar surface area (TPSA) is 85.9 Å². The van der Waals surface area contributed by atoms with Crippen LogP contribution < -0.4 is 15.4 Å². The summed E-state index contributed by atoms with van der Waals surface area (Å²) in [5.74, 6) is 0.632. The van der Waals surface area contributed by atoms with Gasteiger partial charge in [0.1, 0.15) is 24.6 Å². The van der Waals surface area contributed by atoms with E-state index in [-0.39, 0.29) is 12.5 Å². The molecule has 2 N–H and O–H groups in total. The quantitative estimate of drug-likeness (QED) is 0.413. The normalized spacial score (nSPS) is 12.3. The molecule has 0 aliphatic heterocycles. The van der Waals surface area contributed by atoms with Crippen LogP contribution in [0.15, 0.2) is 72.8 Å². The van der Waals surface area contributed by atoms with E-state index < -0.39 is 17.8 Å². The van der Waals surface area contributed by atoms with Crippen LogP contribution in [0.1, 0.15) is 37.8 Å². The number of benzene rings is 3. The zero-order valence-corrected chi connectivity index (χ0v) is 20.2. The lowest BCUT2D eigenvalue weighted by Gasteiger charge is -2.19. The van der Waals surface area contributed by atoms with Crippen LogP contribution in [0.2, 0.25) is 0 Å². The van der Waals surface area contributed by atoms with Crippen molar-refractivity contribution in [3.05, 3.63) is 83.9 Å². The maximum atomic E-state index is 12.4. The number of alkyl carbamates (subject to hydrolysis) is 1. The second-order valence-electron chi connectivity index (χ2n) is 9.25. The van der Waals surface area contributed by atoms with Gasteiger partial charge in [0, 0.05) is 11.6 Å². The Morgan fingerprint density at radius 2 is 1.43 bits per heavy atom. The van der Waals surface area contributed by atoms with Gasteiger partial charge >= 0.3 is 12.2 Å². The lowest BCUT2D eigenvalue weighted by Crippen LogP contribution is -2.34. The average molecular weight is 475 g/mol. The van der Waals surface area contributed by atoms with Crippen molar-refractivity contribution in [3.63, 3.8) is 0 Å². The number of amides is 2. The number of carbonyl (C=O) groups excluding carboxylic acids is 2. The predicted octanol–water partition coefficient (Wildman–Crippen LogP) is 5.95. The van der Waals surface area contributed by atoms with Gasteiger partial charge in [-0.3, -0.25) is 5.32 Å². The highest BCUT2D eigenvalue weighted by Gasteiger charge is 2.29. The first-order valence-corrected chi connectivity index (χ1v) is 11.6. The summed E-state index contributed by atoms with van der Waals surface area (Å²) in [7, 11) is 0. The second-order valence-corrected chi connectivity index (χ2v) is 9.25. The molecule has 7 heteroatoms. The number of ether oxygens (including phenoxy) is 3. The Hall–Kier alpha value is -4.00. The molecule has 1 aliphatic rings. The molecule has 0 spiro atoms. The van der Waals surface area contributed by atoms with E-state index in [0.717, 1.165) is 0 Å². The van der Waals surface area contributed by atoms with Gasteiger partial charge in [-0.2, -0.15) is 0 Å². The molecule has 0 saturated heterocycles. The Morgan fingerprint density at radius 3 is 2.03 bits per heavy atom. The fourth-order valence-corrected chi connectivity index (χ4v) is 4.02. The molecule has 0 saturated carbocycles. The van der Waals surface area contributed by atoms with Gasteiger partial charge in [0.05, 0.1) is 6.54 Å². The molecule has 0 unspecified atom stereocenters. The summed E-state index contributed by atoms with van der Waals surface area (Å²) in [6.45, 7) is 6.28. The summed E-state index contributed by atoms with van der Waals surface area (Å²) in [6, 6.07) is 23.4. The standard InChI is InChI=1S/C28H30N2O5/c1-28(2,3)35-26(31)29-16-17-33-20-14-12-19(13-15-20)30-27(32)34-18-25-23-10-6-4-8-21(23)22-9-5-7-11-24(22)25/h4-15,25H,16-18H2,1-3H3,(H,29,31)(H,30,32). The van der Waals surface area contributed by atoms with Gasteiger partial charge in [0.2, 0.25) is 0 Å². The fraction of sp³-hybridized carbons (Fsp3) is 0.286. The summed E-state index contributed by atoms with van der Waals surface area (Å²) >= 11 is 0. The molecule has 0 atom stereocenters. The van der Waals surface area contributed by atoms with E-state index in [1.807, 2.05) is 24.3 Å². The van der Waals surface area contributed by atoms with Crippen LogP contribution in [0, 0.1) is 0 Å². The summed E-state index contributed by atoms with van der Waals surface area (Å²) in [5.41, 5.74) is 4.78. The Bertz CT molecular complexity index is 1140. The van der Waals surface area contributed by atoms with Crippen LogP contribution in [0.4, 0.5) is 15.3 Å². The number of carbonyl (C=O) groups is 2. The Morgan fingerprint density at radius 1 is 0.829 bits per heavy atom. The summed E-state index contributed by atoms with van der Waals surface area (Å²) in [5, 5.41) is 5.39. The molecule has 182 valence electrons. The van der Waals surface area contributed by atoms with E-state index in [2.05, 4.69) is 34.9 Å². The largest absolute Gasteiger partial charge is 0.492 e. The van der Waals surface area contributed by atoms with Crippen molar-refractivity contribution in [2.45, 2.75) is 32.3 Å². The number of hydrogen-bond acceptors (Lipinski definition) is 5. The molecule has 4 rings (SSSR count). The van der Waals surface area contributed by atoms with E-state index in [1.165, 1.54) is 22.3 Å². The third-order valence-corrected chi connectivity index (χ3v) is 5.48. The van der Waals surface area contributed by atoms with E-state index in [1.54, 1.807) is 45.0 Å². The van der Waals surface area contributed by atoms with Crippen molar-refractivity contribution in [2.75, 3.05) is 25.1 Å². The summed E-state index contributed by atoms with van der Waals surface area (Å²) < 4.78 is 16.4. The minimum atomic E-state index is -0.541. The van der Waals surface area contributed by atoms with E-state index in [4.69, 9.17) is 14.2 Å². The van der Waals surface area contributed by atoms with Gasteiger partial charge in [-0.1, -0.05) is 48.5 Å². The Labute approximate surface area is 205 Å². The number of rotatable bonds is 7. The molecule has 3 aromatic rings. The first kappa shape index (κ1) is 24.1. The molecule has 2 amide bonds. The molecule has 1 aliphatic carbocycles. The monoisotopic (exact) mass is 474 g/mol. The molecular formula is C28H30N2O5. The van der Waals surface area contributed by atoms with Gasteiger partial charge in [-0.15, -0.1) is 0 Å². The van der Waals surface area contributed by atoms with Crippen molar-refractivity contribution in [3.8, 4) is 16.9 Å². The maximum Gasteiger partial charge on any atom is 0.411 e. The molecule has 0 radical (unpaired) electrons. The van der Waals surface area contributed by atoms with E-state index in [9.17, 15) is 9.59 Å². The zero-order chi connectivity index (χ0) is 24.8. The minimum absolute atomic E-state index is 0.0122. The fourth-order valence-electron chi connectivity index (χ4n) is 4.02. The third-order valence-electron chi connectivity index (χ3n) is 5.48. The molecule has 0 fully saturated rings. The maximum absolute atomic E-state index is 12.4. The van der Waals surface area contributed by atoms with Gasteiger partial charge in [-0.05, 0) is 67.3 Å². The predicted molar refractivity (Wildman–Crippen MR) is 135 cm³/mol. The molecule has 0 bridgehead atoms. The van der Waals surface area contributed by atoms with Crippen molar-refractivity contribution < 1.29 is 23.8 Å². The second kappa shape index (κ2) is 10.5. The van der Waals surface area contributed by atoms with Crippen LogP contribution in [0.5, 0.6) is 5.75 Å². The Balaban J connectivity index is 1.23. The molecule has 0 aromatic heterocycles. The molecule has 0 heterocycles. The third kappa shape index (κ3) is 6.32. The lowest BCUT2D eigenvalue weighted by molar-refractivity contribution is 0.0520. The van der Waals surface area contributed by atoms with E-state index in [0.29, 0.717) is 24.6 Å². The molecule has 3 aromatic carbocycles. The van der Waals surface area contributed by atoms with Gasteiger partial charge in [-0.25, -0.2) is 9.59 Å². The van der Waals surface area contributed by atoms with Gasteiger partial charge < -0.3 is 19.5 Å². The smallest absolute Gasteiger partial charge is 0.411 e. The first-order valence-electron chi connectivity index (χ1n) is 11.6. The zero-order valence-electron chi connectivity index (χ0n) is 20.2. The number of hydrogen-bond donors (Lipinski definition) is 2. The first-order chi connectivity index (χ1) is 16.8. The van der Waals surface area contributed by atoms with Crippen molar-refractivity contribution in [2.24, 2.45) is 0 Å². The number of nitrogens with one attached hydrogen (secondary N) is 2. The van der Waals surface area contributed by atoms with Crippen LogP contribution in [0.25, 0.3) is 11.1 Å². The van der Waals surface area contributed by atoms with Crippen LogP contribution in [-0.4, -0.2) is 37.5 Å². The van der Waals surface area contributed by atoms with Crippen LogP contribution >= 0.6 is 0 Å². The highest BCUT2D eigenvalue weighted by Crippen LogP contribution is 2.44. The summed E-state index contributed by atoms with van der Waals surface area (Å²) in [6.07, 6.45) is -0.995. The van der Waals surface area contributed by atoms with Crippen molar-refractivity contribution in [1.29, 1.82) is 0 Å². The van der Waals surface area contributed by atoms with Crippen molar-refractivity contribution in [1.82, 2.24) is 5.32 Å².